The summed E-state index contributed by atoms with van der Waals surface area (Å²) in [6, 6.07) is 7.21. The fraction of sp³-hybridized carbons (Fsp3) is 0.471. The lowest BCUT2D eigenvalue weighted by Crippen LogP contribution is -2.50. The lowest BCUT2D eigenvalue weighted by molar-refractivity contribution is -0.134. The van der Waals surface area contributed by atoms with Crippen LogP contribution in [0.25, 0.3) is 0 Å². The summed E-state index contributed by atoms with van der Waals surface area (Å²) in [7, 11) is 0. The first kappa shape index (κ1) is 22.4. The molecular formula is C17H25Cl2N5O2. The fourth-order valence-corrected chi connectivity index (χ4v) is 2.84. The minimum absolute atomic E-state index is 0. The van der Waals surface area contributed by atoms with Gasteiger partial charge in [-0.1, -0.05) is 35.0 Å². The first-order valence-electron chi connectivity index (χ1n) is 8.15. The number of halogens is 2. The number of aromatic nitrogens is 2. The first-order chi connectivity index (χ1) is 11.5. The molecule has 1 saturated heterocycles. The summed E-state index contributed by atoms with van der Waals surface area (Å²) in [6.45, 7) is 7.31. The molecule has 9 heteroatoms. The summed E-state index contributed by atoms with van der Waals surface area (Å²) >= 11 is 0. The first-order valence-corrected chi connectivity index (χ1v) is 8.15. The zero-order valence-electron chi connectivity index (χ0n) is 14.9. The number of hydrogen-bond acceptors (Lipinski definition) is 6. The molecule has 0 bridgehead atoms. The number of rotatable bonds is 4. The second-order valence-corrected chi connectivity index (χ2v) is 6.22. The lowest BCUT2D eigenvalue weighted by Gasteiger charge is -2.35. The van der Waals surface area contributed by atoms with Crippen molar-refractivity contribution in [1.29, 1.82) is 0 Å². The molecule has 1 aliphatic heterocycles. The minimum Gasteiger partial charge on any atom is -0.340 e. The van der Waals surface area contributed by atoms with E-state index in [1.807, 2.05) is 36.1 Å². The van der Waals surface area contributed by atoms with Crippen molar-refractivity contribution in [3.8, 4) is 0 Å². The van der Waals surface area contributed by atoms with Crippen molar-refractivity contribution >= 4 is 30.7 Å². The Hall–Kier alpha value is -1.67. The van der Waals surface area contributed by atoms with Gasteiger partial charge in [0.1, 0.15) is 6.04 Å². The van der Waals surface area contributed by atoms with Crippen LogP contribution in [0.3, 0.4) is 0 Å². The Kier molecular flexibility index (Phi) is 8.49. The Labute approximate surface area is 165 Å². The van der Waals surface area contributed by atoms with E-state index in [0.29, 0.717) is 31.3 Å². The van der Waals surface area contributed by atoms with Gasteiger partial charge in [-0.05, 0) is 12.5 Å². The number of hydrogen-bond donors (Lipinski definition) is 1. The Balaban J connectivity index is 0.00000169. The van der Waals surface area contributed by atoms with Crippen LogP contribution in [-0.4, -0.2) is 52.0 Å². The van der Waals surface area contributed by atoms with Crippen LogP contribution in [0.5, 0.6) is 0 Å². The van der Waals surface area contributed by atoms with Crippen molar-refractivity contribution < 1.29 is 9.32 Å². The van der Waals surface area contributed by atoms with Crippen LogP contribution in [0, 0.1) is 13.8 Å². The number of aryl methyl sites for hydroxylation is 2. The Bertz CT molecular complexity index is 699. The molecule has 0 aliphatic carbocycles. The molecule has 0 radical (unpaired) electrons. The molecule has 2 heterocycles. The molecule has 0 spiro atoms. The molecule has 26 heavy (non-hydrogen) atoms. The number of nitrogens with zero attached hydrogens (tertiary/aromatic N) is 4. The van der Waals surface area contributed by atoms with Crippen molar-refractivity contribution in [3.05, 3.63) is 47.1 Å². The van der Waals surface area contributed by atoms with Crippen LogP contribution in [0.1, 0.15) is 28.9 Å². The number of carbonyl (C=O) groups excluding carboxylic acids is 1. The van der Waals surface area contributed by atoms with Crippen LogP contribution in [0.2, 0.25) is 0 Å². The molecule has 0 saturated carbocycles. The van der Waals surface area contributed by atoms with Gasteiger partial charge in [0, 0.05) is 33.1 Å². The molecule has 3 rings (SSSR count). The number of piperazine rings is 1. The van der Waals surface area contributed by atoms with E-state index in [9.17, 15) is 4.79 Å². The second kappa shape index (κ2) is 9.87. The maximum absolute atomic E-state index is 12.6. The van der Waals surface area contributed by atoms with Crippen LogP contribution in [-0.2, 0) is 11.3 Å². The molecule has 1 aromatic carbocycles. The van der Waals surface area contributed by atoms with E-state index in [1.54, 1.807) is 6.92 Å². The zero-order chi connectivity index (χ0) is 17.1. The number of nitrogens with two attached hydrogens (primary N) is 1. The number of benzene rings is 1. The molecular weight excluding hydrogens is 377 g/mol. The van der Waals surface area contributed by atoms with Crippen molar-refractivity contribution in [2.75, 3.05) is 26.2 Å². The van der Waals surface area contributed by atoms with E-state index in [4.69, 9.17) is 10.3 Å². The Morgan fingerprint density at radius 2 is 1.77 bits per heavy atom. The molecule has 1 amide bonds. The van der Waals surface area contributed by atoms with Gasteiger partial charge in [0.25, 0.3) is 0 Å². The van der Waals surface area contributed by atoms with Crippen molar-refractivity contribution in [2.45, 2.75) is 26.4 Å². The Morgan fingerprint density at radius 3 is 2.31 bits per heavy atom. The summed E-state index contributed by atoms with van der Waals surface area (Å²) in [5.41, 5.74) is 8.16. The predicted molar refractivity (Wildman–Crippen MR) is 103 cm³/mol. The van der Waals surface area contributed by atoms with Crippen molar-refractivity contribution in [1.82, 2.24) is 19.9 Å². The third-order valence-electron chi connectivity index (χ3n) is 4.32. The van der Waals surface area contributed by atoms with E-state index in [-0.39, 0.29) is 30.7 Å². The molecule has 1 unspecified atom stereocenters. The summed E-state index contributed by atoms with van der Waals surface area (Å²) in [5.74, 6) is 1.24. The van der Waals surface area contributed by atoms with E-state index >= 15 is 0 Å². The average Bonchev–Trinajstić information content (AvgIpc) is 3.00. The summed E-state index contributed by atoms with van der Waals surface area (Å²) < 4.78 is 4.99. The number of amides is 1. The summed E-state index contributed by atoms with van der Waals surface area (Å²) in [5, 5.41) is 3.91. The third kappa shape index (κ3) is 5.41. The molecule has 144 valence electrons. The highest BCUT2D eigenvalue weighted by Crippen LogP contribution is 2.16. The van der Waals surface area contributed by atoms with E-state index in [0.717, 1.165) is 24.2 Å². The summed E-state index contributed by atoms with van der Waals surface area (Å²) in [6.07, 6.45) is 0. The molecule has 1 atom stereocenters. The topological polar surface area (TPSA) is 88.5 Å². The molecule has 1 fully saturated rings. The van der Waals surface area contributed by atoms with Crippen molar-refractivity contribution in [2.24, 2.45) is 5.73 Å². The van der Waals surface area contributed by atoms with Gasteiger partial charge >= 0.3 is 0 Å². The number of carbonyl (C=O) groups is 1. The maximum atomic E-state index is 12.6. The molecule has 2 aromatic rings. The van der Waals surface area contributed by atoms with Gasteiger partial charge in [0.2, 0.25) is 11.8 Å². The molecule has 1 aromatic heterocycles. The van der Waals surface area contributed by atoms with Gasteiger partial charge in [0.05, 0.1) is 6.54 Å². The minimum atomic E-state index is -0.600. The zero-order valence-corrected chi connectivity index (χ0v) is 16.6. The average molecular weight is 402 g/mol. The Morgan fingerprint density at radius 1 is 1.15 bits per heavy atom. The normalized spacial score (nSPS) is 15.7. The van der Waals surface area contributed by atoms with Gasteiger partial charge in [-0.15, -0.1) is 24.8 Å². The quantitative estimate of drug-likeness (QED) is 0.840. The SMILES string of the molecule is Cc1ccc(C(N)C(=O)N2CCN(Cc3noc(C)n3)CC2)cc1.Cl.Cl. The van der Waals surface area contributed by atoms with E-state index in [1.165, 1.54) is 0 Å². The smallest absolute Gasteiger partial charge is 0.244 e. The largest absolute Gasteiger partial charge is 0.340 e. The van der Waals surface area contributed by atoms with Crippen LogP contribution in [0.4, 0.5) is 0 Å². The fourth-order valence-electron chi connectivity index (χ4n) is 2.84. The van der Waals surface area contributed by atoms with Gasteiger partial charge in [-0.25, -0.2) is 0 Å². The molecule has 1 aliphatic rings. The van der Waals surface area contributed by atoms with E-state index in [2.05, 4.69) is 15.0 Å². The maximum Gasteiger partial charge on any atom is 0.244 e. The van der Waals surface area contributed by atoms with E-state index < -0.39 is 6.04 Å². The lowest BCUT2D eigenvalue weighted by atomic mass is 10.0. The standard InChI is InChI=1S/C17H23N5O2.2ClH/c1-12-3-5-14(6-4-12)16(18)17(23)22-9-7-21(8-10-22)11-15-19-13(2)24-20-15;;/h3-6,16H,7-11,18H2,1-2H3;2*1H. The second-order valence-electron chi connectivity index (χ2n) is 6.22. The van der Waals surface area contributed by atoms with Gasteiger partial charge in [-0.3, -0.25) is 9.69 Å². The van der Waals surface area contributed by atoms with Gasteiger partial charge < -0.3 is 15.2 Å². The van der Waals surface area contributed by atoms with Crippen LogP contribution < -0.4 is 5.73 Å². The third-order valence-corrected chi connectivity index (χ3v) is 4.32. The predicted octanol–water partition coefficient (Wildman–Crippen LogP) is 1.87. The van der Waals surface area contributed by atoms with Gasteiger partial charge in [-0.2, -0.15) is 4.98 Å². The highest BCUT2D eigenvalue weighted by molar-refractivity contribution is 5.85. The van der Waals surface area contributed by atoms with Crippen LogP contribution in [0.15, 0.2) is 28.8 Å². The highest BCUT2D eigenvalue weighted by atomic mass is 35.5. The molecule has 7 nitrogen and oxygen atoms in total. The monoisotopic (exact) mass is 401 g/mol. The highest BCUT2D eigenvalue weighted by Gasteiger charge is 2.26. The van der Waals surface area contributed by atoms with Crippen molar-refractivity contribution in [3.63, 3.8) is 0 Å². The van der Waals surface area contributed by atoms with Crippen LogP contribution >= 0.6 is 24.8 Å². The summed E-state index contributed by atoms with van der Waals surface area (Å²) in [4.78, 5) is 20.9. The molecule has 2 N–H and O–H groups in total. The van der Waals surface area contributed by atoms with Gasteiger partial charge in [0.15, 0.2) is 5.82 Å².